The molecule has 0 amide bonds. The average Bonchev–Trinajstić information content (AvgIpc) is 3.30. The van der Waals surface area contributed by atoms with Crippen molar-refractivity contribution >= 4 is 69.6 Å². The number of benzene rings is 7. The summed E-state index contributed by atoms with van der Waals surface area (Å²) in [6.07, 6.45) is 0. The van der Waals surface area contributed by atoms with Crippen molar-refractivity contribution in [3.05, 3.63) is 186 Å². The Bertz CT molecular complexity index is 3170. The molecule has 0 fully saturated rings. The Labute approximate surface area is 316 Å². The zero-order chi connectivity index (χ0) is 46.7. The van der Waals surface area contributed by atoms with Gasteiger partial charge in [0.15, 0.2) is 0 Å². The maximum absolute atomic E-state index is 9.34. The van der Waals surface area contributed by atoms with E-state index < -0.39 is 115 Å². The van der Waals surface area contributed by atoms with E-state index in [0.29, 0.717) is 16.9 Å². The Morgan fingerprint density at radius 3 is 1.76 bits per heavy atom. The molecule has 0 saturated carbocycles. The fourth-order valence-electron chi connectivity index (χ4n) is 8.31. The third-order valence-electron chi connectivity index (χ3n) is 10.4. The van der Waals surface area contributed by atoms with Crippen molar-refractivity contribution in [2.75, 3.05) is 14.7 Å². The van der Waals surface area contributed by atoms with Gasteiger partial charge in [-0.2, -0.15) is 0 Å². The Hall–Kier alpha value is -5.84. The summed E-state index contributed by atoms with van der Waals surface area (Å²) in [5.41, 5.74) is 3.13. The molecule has 3 nitrogen and oxygen atoms in total. The molecule has 7 aromatic carbocycles. The van der Waals surface area contributed by atoms with Crippen LogP contribution in [0.5, 0.6) is 0 Å². The van der Waals surface area contributed by atoms with Crippen LogP contribution in [0.4, 0.5) is 51.2 Å². The molecule has 4 heteroatoms. The lowest BCUT2D eigenvalue weighted by Gasteiger charge is -2.54. The van der Waals surface area contributed by atoms with Gasteiger partial charge in [0.1, 0.15) is 8.07 Å². The van der Waals surface area contributed by atoms with Crippen LogP contribution in [0.25, 0.3) is 0 Å². The number of hydrogen-bond acceptors (Lipinski definition) is 3. The monoisotopic (exact) mass is 674 g/mol. The van der Waals surface area contributed by atoms with Crippen molar-refractivity contribution in [3.8, 4) is 0 Å². The number of nitrogens with zero attached hydrogens (tertiary/aromatic N) is 3. The molecule has 240 valence electrons. The third-order valence-corrected chi connectivity index (χ3v) is 13.9. The number of rotatable bonds is 4. The van der Waals surface area contributed by atoms with E-state index in [1.54, 1.807) is 29.2 Å². The van der Waals surface area contributed by atoms with E-state index in [9.17, 15) is 8.22 Å². The van der Waals surface area contributed by atoms with Gasteiger partial charge in [-0.1, -0.05) is 122 Å². The summed E-state index contributed by atoms with van der Waals surface area (Å²) in [5.74, 6) is 0. The molecule has 3 aliphatic heterocycles. The fourth-order valence-corrected chi connectivity index (χ4v) is 11.3. The van der Waals surface area contributed by atoms with E-state index in [-0.39, 0.29) is 17.1 Å². The van der Waals surface area contributed by atoms with E-state index >= 15 is 0 Å². The summed E-state index contributed by atoms with van der Waals surface area (Å²) in [7, 11) is -2.47. The summed E-state index contributed by atoms with van der Waals surface area (Å²) in [4.78, 5) is 4.80. The topological polar surface area (TPSA) is 9.72 Å². The molecule has 10 rings (SSSR count). The number of fused-ring (bicyclic) bond motifs is 6. The van der Waals surface area contributed by atoms with Gasteiger partial charge in [0.25, 0.3) is 0 Å². The predicted molar refractivity (Wildman–Crippen MR) is 213 cm³/mol. The molecular formula is C46H37N3Si. The fraction of sp³-hybridized carbons (Fsp3) is 0.0870. The lowest BCUT2D eigenvalue weighted by molar-refractivity contribution is 0.671. The second kappa shape index (κ2) is 10.6. The highest BCUT2D eigenvalue weighted by molar-refractivity contribution is 7.02. The zero-order valence-corrected chi connectivity index (χ0v) is 28.3. The van der Waals surface area contributed by atoms with Crippen LogP contribution < -0.4 is 25.1 Å². The standard InChI is InChI=1S/C46H37N3Si/c1-46-36-24-13-14-26-38(36)48(34-22-11-6-12-23-34)40-30-35(47(32-18-7-4-8-19-32)33-20-9-5-10-21-33)31-41(44(40)46)49-39-27-15-16-28-42(39)50(2,3)43-29-17-25-37(46)45(43)49/h4-31H,1-3H3/i4D,5D,6D,7D,8D,9D,10D,11D,12D,18D,19D,20D,21D,22D,23D. The Balaban J connectivity index is 1.46. The van der Waals surface area contributed by atoms with Crippen LogP contribution in [0.2, 0.25) is 13.1 Å². The van der Waals surface area contributed by atoms with E-state index in [1.165, 1.54) is 0 Å². The molecule has 1 unspecified atom stereocenters. The maximum Gasteiger partial charge on any atom is 0.117 e. The van der Waals surface area contributed by atoms with Crippen molar-refractivity contribution < 1.29 is 20.6 Å². The van der Waals surface area contributed by atoms with Crippen molar-refractivity contribution in [1.29, 1.82) is 0 Å². The van der Waals surface area contributed by atoms with Crippen LogP contribution in [-0.4, -0.2) is 8.07 Å². The van der Waals surface area contributed by atoms with Crippen LogP contribution in [0, 0.1) is 0 Å². The molecule has 0 spiro atoms. The van der Waals surface area contributed by atoms with Crippen LogP contribution in [-0.2, 0) is 5.41 Å². The first-order valence-electron chi connectivity index (χ1n) is 23.8. The minimum absolute atomic E-state index is 0.00426. The molecule has 0 saturated heterocycles. The summed E-state index contributed by atoms with van der Waals surface area (Å²) in [5, 5.41) is 2.21. The second-order valence-corrected chi connectivity index (χ2v) is 17.6. The molecule has 3 heterocycles. The van der Waals surface area contributed by atoms with Gasteiger partial charge in [0.2, 0.25) is 0 Å². The Kier molecular flexibility index (Phi) is 3.75. The highest BCUT2D eigenvalue weighted by Crippen LogP contribution is 2.64. The van der Waals surface area contributed by atoms with Gasteiger partial charge >= 0.3 is 0 Å². The van der Waals surface area contributed by atoms with E-state index in [0.717, 1.165) is 37.8 Å². The SMILES string of the molecule is [2H]c1c([2H])c([2H])c(N2c3ccccc3C3(C)c4cccc5c4N(c4ccccc4[Si]5(C)C)c4cc(N(c5c([2H])c([2H])c([2H])c([2H])c5[2H])c5c([2H])c([2H])c([2H])c([2H])c5[2H])cc2c43)c([2H])c1[2H]. The molecule has 50 heavy (non-hydrogen) atoms. The number of hydrogen-bond donors (Lipinski definition) is 0. The molecule has 3 aliphatic rings. The minimum atomic E-state index is -2.47. The van der Waals surface area contributed by atoms with Gasteiger partial charge in [-0.25, -0.2) is 0 Å². The van der Waals surface area contributed by atoms with Crippen LogP contribution in [0.1, 0.15) is 44.2 Å². The molecule has 7 aromatic rings. The smallest absolute Gasteiger partial charge is 0.117 e. The first-order valence-corrected chi connectivity index (χ1v) is 19.3. The van der Waals surface area contributed by atoms with Gasteiger partial charge in [0.05, 0.1) is 54.4 Å². The van der Waals surface area contributed by atoms with E-state index in [4.69, 9.17) is 12.3 Å². The van der Waals surface area contributed by atoms with Crippen molar-refractivity contribution in [1.82, 2.24) is 0 Å². The Morgan fingerprint density at radius 2 is 1.08 bits per heavy atom. The molecular weight excluding hydrogens is 623 g/mol. The zero-order valence-electron chi connectivity index (χ0n) is 42.3. The summed E-state index contributed by atoms with van der Waals surface area (Å²) in [6.45, 7) is 6.65. The van der Waals surface area contributed by atoms with Gasteiger partial charge in [-0.05, 0) is 88.9 Å². The number of para-hydroxylation sites is 6. The van der Waals surface area contributed by atoms with Crippen molar-refractivity contribution in [2.45, 2.75) is 25.4 Å². The average molecular weight is 675 g/mol. The lowest BCUT2D eigenvalue weighted by atomic mass is 9.64. The normalized spacial score (nSPS) is 21.5. The van der Waals surface area contributed by atoms with Crippen molar-refractivity contribution in [2.24, 2.45) is 0 Å². The molecule has 0 radical (unpaired) electrons. The lowest BCUT2D eigenvalue weighted by Crippen LogP contribution is -2.60. The Morgan fingerprint density at radius 1 is 0.540 bits per heavy atom. The first-order chi connectivity index (χ1) is 30.7. The van der Waals surface area contributed by atoms with E-state index in [1.807, 2.05) is 36.4 Å². The van der Waals surface area contributed by atoms with E-state index in [2.05, 4.69) is 43.1 Å². The molecule has 0 aliphatic carbocycles. The van der Waals surface area contributed by atoms with Gasteiger partial charge in [0, 0.05) is 28.3 Å². The largest absolute Gasteiger partial charge is 0.310 e. The minimum Gasteiger partial charge on any atom is -0.310 e. The summed E-state index contributed by atoms with van der Waals surface area (Å²) >= 11 is 0. The molecule has 0 N–H and O–H groups in total. The van der Waals surface area contributed by atoms with Crippen LogP contribution >= 0.6 is 0 Å². The quantitative estimate of drug-likeness (QED) is 0.172. The predicted octanol–water partition coefficient (Wildman–Crippen LogP) is 11.2. The molecule has 1 atom stereocenters. The summed E-state index contributed by atoms with van der Waals surface area (Å²) < 4.78 is 134. The molecule has 0 aromatic heterocycles. The summed E-state index contributed by atoms with van der Waals surface area (Å²) in [6, 6.07) is 15.1. The van der Waals surface area contributed by atoms with Gasteiger partial charge in [-0.3, -0.25) is 0 Å². The molecule has 0 bridgehead atoms. The number of anilines is 9. The van der Waals surface area contributed by atoms with Crippen LogP contribution in [0.15, 0.2) is 169 Å². The van der Waals surface area contributed by atoms with Crippen LogP contribution in [0.3, 0.4) is 0 Å². The van der Waals surface area contributed by atoms with Gasteiger partial charge < -0.3 is 14.7 Å². The highest BCUT2D eigenvalue weighted by atomic mass is 28.3. The van der Waals surface area contributed by atoms with Gasteiger partial charge in [-0.15, -0.1) is 0 Å². The van der Waals surface area contributed by atoms with Crippen molar-refractivity contribution in [3.63, 3.8) is 0 Å². The third kappa shape index (κ3) is 3.85. The maximum atomic E-state index is 9.34. The highest BCUT2D eigenvalue weighted by Gasteiger charge is 2.52. The first kappa shape index (κ1) is 17.7. The second-order valence-electron chi connectivity index (χ2n) is 13.3.